The summed E-state index contributed by atoms with van der Waals surface area (Å²) in [4.78, 5) is 23.1. The number of carbonyl (C=O) groups excluding carboxylic acids is 1. The van der Waals surface area contributed by atoms with E-state index in [2.05, 4.69) is 21.2 Å². The summed E-state index contributed by atoms with van der Waals surface area (Å²) in [7, 11) is 1.54. The maximum atomic E-state index is 12.2. The number of aliphatic carboxylic acids is 1. The van der Waals surface area contributed by atoms with Gasteiger partial charge >= 0.3 is 5.97 Å². The van der Waals surface area contributed by atoms with E-state index in [9.17, 15) is 9.59 Å². The van der Waals surface area contributed by atoms with Crippen LogP contribution >= 0.6 is 15.9 Å². The Balaban J connectivity index is 2.04. The zero-order valence-corrected chi connectivity index (χ0v) is 12.6. The van der Waals surface area contributed by atoms with Crippen molar-refractivity contribution < 1.29 is 19.4 Å². The molecule has 2 N–H and O–H groups in total. The fourth-order valence-electron chi connectivity index (χ4n) is 2.45. The highest BCUT2D eigenvalue weighted by molar-refractivity contribution is 9.10. The van der Waals surface area contributed by atoms with E-state index in [0.29, 0.717) is 30.7 Å². The van der Waals surface area contributed by atoms with E-state index in [1.165, 1.54) is 7.11 Å². The third-order valence-electron chi connectivity index (χ3n) is 3.57. The molecule has 6 heteroatoms. The van der Waals surface area contributed by atoms with Crippen molar-refractivity contribution in [2.75, 3.05) is 12.4 Å². The van der Waals surface area contributed by atoms with Crippen molar-refractivity contribution in [2.24, 2.45) is 11.8 Å². The minimum Gasteiger partial charge on any atom is -0.495 e. The molecule has 1 amide bonds. The topological polar surface area (TPSA) is 75.6 Å². The van der Waals surface area contributed by atoms with Crippen molar-refractivity contribution >= 4 is 33.5 Å². The van der Waals surface area contributed by atoms with Crippen LogP contribution in [0.2, 0.25) is 0 Å². The van der Waals surface area contributed by atoms with E-state index in [4.69, 9.17) is 9.84 Å². The maximum absolute atomic E-state index is 12.2. The number of carboxylic acid groups (broad SMARTS) is 1. The number of ether oxygens (including phenoxy) is 1. The summed E-state index contributed by atoms with van der Waals surface area (Å²) in [5.41, 5.74) is 0.597. The number of hydrogen-bond donors (Lipinski definition) is 2. The molecule has 0 heterocycles. The molecule has 1 fully saturated rings. The molecule has 1 aliphatic carbocycles. The lowest BCUT2D eigenvalue weighted by molar-refractivity contribution is -0.141. The Hall–Kier alpha value is -1.56. The summed E-state index contributed by atoms with van der Waals surface area (Å²) in [5, 5.41) is 11.8. The number of rotatable bonds is 4. The first-order valence-electron chi connectivity index (χ1n) is 6.38. The Morgan fingerprint density at radius 2 is 2.05 bits per heavy atom. The molecule has 108 valence electrons. The number of nitrogens with one attached hydrogen (secondary N) is 1. The minimum absolute atomic E-state index is 0.144. The summed E-state index contributed by atoms with van der Waals surface area (Å²) in [6, 6.07) is 5.33. The molecule has 1 saturated carbocycles. The lowest BCUT2D eigenvalue weighted by atomic mass is 10.0. The van der Waals surface area contributed by atoms with Gasteiger partial charge in [-0.3, -0.25) is 9.59 Å². The molecule has 1 aliphatic rings. The second-order valence-electron chi connectivity index (χ2n) is 4.88. The Bertz CT molecular complexity index is 532. The van der Waals surface area contributed by atoms with Crippen LogP contribution in [0.4, 0.5) is 5.69 Å². The number of amides is 1. The number of carboxylic acids is 1. The third-order valence-corrected chi connectivity index (χ3v) is 4.07. The molecular weight excluding hydrogens is 326 g/mol. The molecule has 0 unspecified atom stereocenters. The van der Waals surface area contributed by atoms with Gasteiger partial charge in [0.25, 0.3) is 0 Å². The number of methoxy groups -OCH3 is 1. The van der Waals surface area contributed by atoms with Crippen molar-refractivity contribution in [1.29, 1.82) is 0 Å². The van der Waals surface area contributed by atoms with Crippen LogP contribution in [0.3, 0.4) is 0 Å². The van der Waals surface area contributed by atoms with Crippen LogP contribution in [-0.4, -0.2) is 24.1 Å². The third kappa shape index (κ3) is 3.30. The largest absolute Gasteiger partial charge is 0.495 e. The average molecular weight is 342 g/mol. The lowest BCUT2D eigenvalue weighted by Crippen LogP contribution is -2.22. The first kappa shape index (κ1) is 14.8. The van der Waals surface area contributed by atoms with Crippen LogP contribution in [0.25, 0.3) is 0 Å². The van der Waals surface area contributed by atoms with Crippen LogP contribution in [0, 0.1) is 11.8 Å². The Morgan fingerprint density at radius 3 is 2.65 bits per heavy atom. The SMILES string of the molecule is COc1cc(Br)ccc1NC(=O)[C@@H]1CC[C@@H](C(=O)O)C1. The summed E-state index contributed by atoms with van der Waals surface area (Å²) >= 11 is 3.34. The van der Waals surface area contributed by atoms with Crippen LogP contribution in [-0.2, 0) is 9.59 Å². The highest BCUT2D eigenvalue weighted by atomic mass is 79.9. The smallest absolute Gasteiger partial charge is 0.306 e. The molecular formula is C14H16BrNO4. The molecule has 0 aromatic heterocycles. The van der Waals surface area contributed by atoms with Gasteiger partial charge in [-0.05, 0) is 37.5 Å². The molecule has 0 spiro atoms. The zero-order valence-electron chi connectivity index (χ0n) is 11.1. The highest BCUT2D eigenvalue weighted by Crippen LogP contribution is 2.33. The van der Waals surface area contributed by atoms with Crippen molar-refractivity contribution in [1.82, 2.24) is 0 Å². The van der Waals surface area contributed by atoms with E-state index < -0.39 is 11.9 Å². The first-order valence-corrected chi connectivity index (χ1v) is 7.17. The van der Waals surface area contributed by atoms with E-state index in [0.717, 1.165) is 4.47 Å². The van der Waals surface area contributed by atoms with E-state index in [1.54, 1.807) is 12.1 Å². The molecule has 0 bridgehead atoms. The van der Waals surface area contributed by atoms with E-state index in [1.807, 2.05) is 6.07 Å². The van der Waals surface area contributed by atoms with Gasteiger partial charge in [0.15, 0.2) is 0 Å². The van der Waals surface area contributed by atoms with Crippen LogP contribution in [0.5, 0.6) is 5.75 Å². The van der Waals surface area contributed by atoms with E-state index in [-0.39, 0.29) is 11.8 Å². The molecule has 1 aromatic rings. The van der Waals surface area contributed by atoms with Crippen LogP contribution in [0.1, 0.15) is 19.3 Å². The molecule has 0 radical (unpaired) electrons. The standard InChI is InChI=1S/C14H16BrNO4/c1-20-12-7-10(15)4-5-11(12)16-13(17)8-2-3-9(6-8)14(18)19/h4-5,7-9H,2-3,6H2,1H3,(H,16,17)(H,18,19)/t8-,9-/m1/s1. The quantitative estimate of drug-likeness (QED) is 0.882. The predicted molar refractivity (Wildman–Crippen MR) is 77.8 cm³/mol. The van der Waals surface area contributed by atoms with Gasteiger partial charge in [0.1, 0.15) is 5.75 Å². The van der Waals surface area contributed by atoms with E-state index >= 15 is 0 Å². The van der Waals surface area contributed by atoms with Gasteiger partial charge in [-0.1, -0.05) is 15.9 Å². The molecule has 2 rings (SSSR count). The fourth-order valence-corrected chi connectivity index (χ4v) is 2.79. The molecule has 0 saturated heterocycles. The molecule has 0 aliphatic heterocycles. The minimum atomic E-state index is -0.818. The summed E-state index contributed by atoms with van der Waals surface area (Å²) in [6.45, 7) is 0. The van der Waals surface area contributed by atoms with Gasteiger partial charge in [0, 0.05) is 10.4 Å². The second kappa shape index (κ2) is 6.26. The highest BCUT2D eigenvalue weighted by Gasteiger charge is 2.34. The number of hydrogen-bond acceptors (Lipinski definition) is 3. The summed E-state index contributed by atoms with van der Waals surface area (Å²) in [5.74, 6) is -1.04. The van der Waals surface area contributed by atoms with Crippen molar-refractivity contribution in [2.45, 2.75) is 19.3 Å². The predicted octanol–water partition coefficient (Wildman–Crippen LogP) is 2.90. The Labute approximate surface area is 125 Å². The van der Waals surface area contributed by atoms with Gasteiger partial charge in [-0.25, -0.2) is 0 Å². The van der Waals surface area contributed by atoms with Crippen molar-refractivity contribution in [3.63, 3.8) is 0 Å². The summed E-state index contributed by atoms with van der Waals surface area (Å²) < 4.78 is 6.07. The van der Waals surface area contributed by atoms with Gasteiger partial charge in [-0.2, -0.15) is 0 Å². The molecule has 1 aromatic carbocycles. The van der Waals surface area contributed by atoms with Gasteiger partial charge in [0.2, 0.25) is 5.91 Å². The number of halogens is 1. The summed E-state index contributed by atoms with van der Waals surface area (Å²) in [6.07, 6.45) is 1.58. The molecule has 5 nitrogen and oxygen atoms in total. The van der Waals surface area contributed by atoms with Gasteiger partial charge < -0.3 is 15.2 Å². The fraction of sp³-hybridized carbons (Fsp3) is 0.429. The van der Waals surface area contributed by atoms with Crippen molar-refractivity contribution in [3.05, 3.63) is 22.7 Å². The lowest BCUT2D eigenvalue weighted by Gasteiger charge is -2.13. The van der Waals surface area contributed by atoms with Crippen LogP contribution < -0.4 is 10.1 Å². The average Bonchev–Trinajstić information content (AvgIpc) is 2.90. The molecule has 2 atom stereocenters. The Kier molecular flexibility index (Phi) is 4.65. The number of anilines is 1. The van der Waals surface area contributed by atoms with Gasteiger partial charge in [0.05, 0.1) is 18.7 Å². The van der Waals surface area contributed by atoms with Crippen LogP contribution in [0.15, 0.2) is 22.7 Å². The second-order valence-corrected chi connectivity index (χ2v) is 5.79. The number of benzene rings is 1. The number of carbonyl (C=O) groups is 2. The normalized spacial score (nSPS) is 21.5. The molecule has 20 heavy (non-hydrogen) atoms. The maximum Gasteiger partial charge on any atom is 0.306 e. The Morgan fingerprint density at radius 1 is 1.35 bits per heavy atom. The monoisotopic (exact) mass is 341 g/mol. The zero-order chi connectivity index (χ0) is 14.7. The first-order chi connectivity index (χ1) is 9.51. The van der Waals surface area contributed by atoms with Crippen molar-refractivity contribution in [3.8, 4) is 5.75 Å². The van der Waals surface area contributed by atoms with Gasteiger partial charge in [-0.15, -0.1) is 0 Å².